The Morgan fingerprint density at radius 2 is 2.03 bits per heavy atom. The van der Waals surface area contributed by atoms with Gasteiger partial charge in [-0.15, -0.1) is 11.3 Å². The molecular weight excluding hydrogens is 402 g/mol. The first-order valence-electron chi connectivity index (χ1n) is 10.5. The number of hydrogen-bond acceptors (Lipinski definition) is 5. The summed E-state index contributed by atoms with van der Waals surface area (Å²) in [5.74, 6) is -0.850. The molecule has 2 atom stereocenters. The molecule has 1 fully saturated rings. The average Bonchev–Trinajstić information content (AvgIpc) is 3.22. The summed E-state index contributed by atoms with van der Waals surface area (Å²) in [5, 5.41) is 19.3. The van der Waals surface area contributed by atoms with Gasteiger partial charge in [-0.1, -0.05) is 31.9 Å². The number of carboxylic acid groups (broad SMARTS) is 1. The summed E-state index contributed by atoms with van der Waals surface area (Å²) in [5.41, 5.74) is 1.69. The second kappa shape index (κ2) is 10.7. The third kappa shape index (κ3) is 5.68. The number of aliphatic hydroxyl groups is 1. The standard InChI is InChI=1S/C23H29NO5S/c1-2-3-6-20(25)16-8-10-17(11-9-16)24-18(5-4-7-22(24)26)14-29-15-19-12-13-21(30-19)23(27)28/h8-13,18,20,25H,2-7,14-15H2,1H3,(H,27,28). The number of carbonyl (C=O) groups excluding carboxylic acids is 1. The molecule has 162 valence electrons. The highest BCUT2D eigenvalue weighted by Crippen LogP contribution is 2.29. The molecule has 0 spiro atoms. The van der Waals surface area contributed by atoms with E-state index in [1.807, 2.05) is 29.2 Å². The number of hydrogen-bond donors (Lipinski definition) is 2. The minimum atomic E-state index is -0.932. The molecule has 2 heterocycles. The van der Waals surface area contributed by atoms with E-state index in [0.717, 1.165) is 48.2 Å². The molecule has 30 heavy (non-hydrogen) atoms. The number of amides is 1. The fraction of sp³-hybridized carbons (Fsp3) is 0.478. The van der Waals surface area contributed by atoms with E-state index in [1.54, 1.807) is 12.1 Å². The zero-order chi connectivity index (χ0) is 21.5. The van der Waals surface area contributed by atoms with Crippen LogP contribution < -0.4 is 4.90 Å². The Kier molecular flexibility index (Phi) is 8.01. The third-order valence-electron chi connectivity index (χ3n) is 5.38. The molecule has 1 amide bonds. The fourth-order valence-corrected chi connectivity index (χ4v) is 4.53. The van der Waals surface area contributed by atoms with Crippen molar-refractivity contribution in [2.75, 3.05) is 11.5 Å². The van der Waals surface area contributed by atoms with Gasteiger partial charge in [-0.3, -0.25) is 4.79 Å². The number of rotatable bonds is 10. The van der Waals surface area contributed by atoms with Crippen molar-refractivity contribution in [2.45, 2.75) is 64.2 Å². The van der Waals surface area contributed by atoms with Gasteiger partial charge < -0.3 is 19.8 Å². The average molecular weight is 432 g/mol. The molecule has 0 radical (unpaired) electrons. The number of piperidine rings is 1. The van der Waals surface area contributed by atoms with E-state index in [2.05, 4.69) is 6.92 Å². The SMILES string of the molecule is CCCCC(O)c1ccc(N2C(=O)CCCC2COCc2ccc(C(=O)O)s2)cc1. The van der Waals surface area contributed by atoms with Crippen molar-refractivity contribution in [1.82, 2.24) is 0 Å². The molecule has 2 aromatic rings. The molecule has 1 saturated heterocycles. The smallest absolute Gasteiger partial charge is 0.345 e. The van der Waals surface area contributed by atoms with Crippen LogP contribution in [0.4, 0.5) is 5.69 Å². The fourth-order valence-electron chi connectivity index (χ4n) is 3.74. The van der Waals surface area contributed by atoms with E-state index in [4.69, 9.17) is 9.84 Å². The van der Waals surface area contributed by atoms with Crippen LogP contribution in [0.2, 0.25) is 0 Å². The third-order valence-corrected chi connectivity index (χ3v) is 6.42. The van der Waals surface area contributed by atoms with Gasteiger partial charge in [-0.2, -0.15) is 0 Å². The molecule has 7 heteroatoms. The van der Waals surface area contributed by atoms with Gasteiger partial charge in [0.05, 0.1) is 25.4 Å². The number of aromatic carboxylic acids is 1. The quantitative estimate of drug-likeness (QED) is 0.566. The van der Waals surface area contributed by atoms with Crippen molar-refractivity contribution >= 4 is 28.9 Å². The second-order valence-corrected chi connectivity index (χ2v) is 8.81. The van der Waals surface area contributed by atoms with Crippen LogP contribution >= 0.6 is 11.3 Å². The lowest BCUT2D eigenvalue weighted by Gasteiger charge is -2.35. The minimum absolute atomic E-state index is 0.0546. The molecule has 3 rings (SSSR count). The van der Waals surface area contributed by atoms with Gasteiger partial charge in [0.1, 0.15) is 4.88 Å². The van der Waals surface area contributed by atoms with Crippen LogP contribution in [0.1, 0.15) is 71.7 Å². The summed E-state index contributed by atoms with van der Waals surface area (Å²) in [6.45, 7) is 2.83. The highest BCUT2D eigenvalue weighted by molar-refractivity contribution is 7.13. The monoisotopic (exact) mass is 431 g/mol. The van der Waals surface area contributed by atoms with E-state index < -0.39 is 12.1 Å². The van der Waals surface area contributed by atoms with Crippen LogP contribution in [0.15, 0.2) is 36.4 Å². The minimum Gasteiger partial charge on any atom is -0.477 e. The highest BCUT2D eigenvalue weighted by Gasteiger charge is 2.29. The van der Waals surface area contributed by atoms with Crippen molar-refractivity contribution in [3.05, 3.63) is 51.7 Å². The molecule has 1 aromatic carbocycles. The molecule has 1 aliphatic rings. The van der Waals surface area contributed by atoms with Gasteiger partial charge >= 0.3 is 5.97 Å². The summed E-state index contributed by atoms with van der Waals surface area (Å²) in [6, 6.07) is 10.9. The van der Waals surface area contributed by atoms with Crippen LogP contribution in [-0.2, 0) is 16.1 Å². The lowest BCUT2D eigenvalue weighted by Crippen LogP contribution is -2.46. The van der Waals surface area contributed by atoms with E-state index in [1.165, 1.54) is 11.3 Å². The van der Waals surface area contributed by atoms with Crippen molar-refractivity contribution in [2.24, 2.45) is 0 Å². The predicted molar refractivity (Wildman–Crippen MR) is 117 cm³/mol. The molecule has 0 saturated carbocycles. The first-order chi connectivity index (χ1) is 14.5. The van der Waals surface area contributed by atoms with Gasteiger partial charge in [0.25, 0.3) is 0 Å². The second-order valence-electron chi connectivity index (χ2n) is 7.65. The lowest BCUT2D eigenvalue weighted by atomic mass is 9.99. The maximum Gasteiger partial charge on any atom is 0.345 e. The maximum atomic E-state index is 12.6. The van der Waals surface area contributed by atoms with Gasteiger partial charge in [-0.25, -0.2) is 4.79 Å². The van der Waals surface area contributed by atoms with Crippen LogP contribution in [0.25, 0.3) is 0 Å². The Morgan fingerprint density at radius 3 is 2.70 bits per heavy atom. The van der Waals surface area contributed by atoms with Gasteiger partial charge in [-0.05, 0) is 49.1 Å². The Bertz CT molecular complexity index is 848. The molecule has 0 aliphatic carbocycles. The molecule has 6 nitrogen and oxygen atoms in total. The Hall–Kier alpha value is -2.22. The van der Waals surface area contributed by atoms with Crippen LogP contribution in [0.5, 0.6) is 0 Å². The van der Waals surface area contributed by atoms with Crippen LogP contribution in [-0.4, -0.2) is 34.7 Å². The van der Waals surface area contributed by atoms with E-state index >= 15 is 0 Å². The first-order valence-corrected chi connectivity index (χ1v) is 11.3. The van der Waals surface area contributed by atoms with Crippen molar-refractivity contribution in [3.63, 3.8) is 0 Å². The zero-order valence-corrected chi connectivity index (χ0v) is 18.1. The summed E-state index contributed by atoms with van der Waals surface area (Å²) < 4.78 is 5.84. The molecule has 2 unspecified atom stereocenters. The molecule has 1 aromatic heterocycles. The van der Waals surface area contributed by atoms with E-state index in [0.29, 0.717) is 24.5 Å². The normalized spacial score (nSPS) is 17.9. The zero-order valence-electron chi connectivity index (χ0n) is 17.3. The highest BCUT2D eigenvalue weighted by atomic mass is 32.1. The number of ether oxygens (including phenoxy) is 1. The maximum absolute atomic E-state index is 12.6. The van der Waals surface area contributed by atoms with Crippen molar-refractivity contribution < 1.29 is 24.5 Å². The summed E-state index contributed by atoms with van der Waals surface area (Å²) in [6.07, 6.45) is 4.49. The molecule has 2 N–H and O–H groups in total. The van der Waals surface area contributed by atoms with E-state index in [-0.39, 0.29) is 11.9 Å². The van der Waals surface area contributed by atoms with Crippen LogP contribution in [0.3, 0.4) is 0 Å². The largest absolute Gasteiger partial charge is 0.477 e. The van der Waals surface area contributed by atoms with Gasteiger partial charge in [0.2, 0.25) is 5.91 Å². The summed E-state index contributed by atoms with van der Waals surface area (Å²) in [7, 11) is 0. The molecule has 1 aliphatic heterocycles. The Morgan fingerprint density at radius 1 is 1.27 bits per heavy atom. The summed E-state index contributed by atoms with van der Waals surface area (Å²) >= 11 is 1.21. The topological polar surface area (TPSA) is 87.1 Å². The van der Waals surface area contributed by atoms with Crippen molar-refractivity contribution in [1.29, 1.82) is 0 Å². The number of anilines is 1. The van der Waals surface area contributed by atoms with Gasteiger partial charge in [0, 0.05) is 17.0 Å². The first kappa shape index (κ1) is 22.5. The summed E-state index contributed by atoms with van der Waals surface area (Å²) in [4.78, 5) is 26.6. The number of carboxylic acids is 1. The number of unbranched alkanes of at least 4 members (excludes halogenated alkanes) is 1. The predicted octanol–water partition coefficient (Wildman–Crippen LogP) is 4.77. The Labute approximate surface area is 181 Å². The number of carbonyl (C=O) groups is 2. The number of aliphatic hydroxyl groups excluding tert-OH is 1. The molecular formula is C23H29NO5S. The van der Waals surface area contributed by atoms with E-state index in [9.17, 15) is 14.7 Å². The Balaban J connectivity index is 1.62. The molecule has 0 bridgehead atoms. The van der Waals surface area contributed by atoms with Crippen LogP contribution in [0, 0.1) is 0 Å². The lowest BCUT2D eigenvalue weighted by molar-refractivity contribution is -0.120. The number of thiophene rings is 1. The van der Waals surface area contributed by atoms with Gasteiger partial charge in [0.15, 0.2) is 0 Å². The number of benzene rings is 1. The van der Waals surface area contributed by atoms with Crippen molar-refractivity contribution in [3.8, 4) is 0 Å². The number of nitrogens with zero attached hydrogens (tertiary/aromatic N) is 1.